The zero-order valence-electron chi connectivity index (χ0n) is 13.4. The summed E-state index contributed by atoms with van der Waals surface area (Å²) in [5.41, 5.74) is 6.33. The molecule has 0 aliphatic carbocycles. The number of nitrogens with two attached hydrogens (primary N) is 1. The van der Waals surface area contributed by atoms with Crippen molar-refractivity contribution in [2.45, 2.75) is 0 Å². The fourth-order valence-electron chi connectivity index (χ4n) is 2.20. The van der Waals surface area contributed by atoms with E-state index in [0.29, 0.717) is 5.69 Å². The highest BCUT2D eigenvalue weighted by molar-refractivity contribution is 5.98. The summed E-state index contributed by atoms with van der Waals surface area (Å²) in [7, 11) is 4.30. The van der Waals surface area contributed by atoms with Crippen LogP contribution >= 0.6 is 0 Å². The number of aromatic nitrogens is 1. The van der Waals surface area contributed by atoms with Crippen LogP contribution in [0, 0.1) is 11.3 Å². The van der Waals surface area contributed by atoms with Crippen molar-refractivity contribution in [1.29, 1.82) is 5.26 Å². The first-order valence-corrected chi connectivity index (χ1v) is 6.86. The Bertz CT molecular complexity index is 862. The predicted octanol–water partition coefficient (Wildman–Crippen LogP) is 1.13. The molecule has 3 N–H and O–H groups in total. The number of hydrogen-bond acceptors (Lipinski definition) is 6. The zero-order valence-corrected chi connectivity index (χ0v) is 13.4. The first-order chi connectivity index (χ1) is 11.3. The van der Waals surface area contributed by atoms with Crippen LogP contribution in [0.1, 0.15) is 26.4 Å². The Morgan fingerprint density at radius 2 is 2.04 bits per heavy atom. The van der Waals surface area contributed by atoms with E-state index in [2.05, 4.69) is 0 Å². The maximum absolute atomic E-state index is 12.1. The van der Waals surface area contributed by atoms with Gasteiger partial charge in [-0.2, -0.15) is 5.26 Å². The smallest absolute Gasteiger partial charge is 0.357 e. The number of nitrogen functional groups attached to an aromatic ring is 1. The number of rotatable bonds is 3. The van der Waals surface area contributed by atoms with E-state index < -0.39 is 11.9 Å². The molecule has 1 amide bonds. The van der Waals surface area contributed by atoms with E-state index in [9.17, 15) is 14.7 Å². The third kappa shape index (κ3) is 2.75. The molecule has 0 bridgehead atoms. The van der Waals surface area contributed by atoms with Crippen molar-refractivity contribution in [2.75, 3.05) is 26.9 Å². The van der Waals surface area contributed by atoms with Crippen LogP contribution in [0.2, 0.25) is 0 Å². The van der Waals surface area contributed by atoms with E-state index in [4.69, 9.17) is 15.7 Å². The monoisotopic (exact) mass is 328 g/mol. The topological polar surface area (TPSA) is 122 Å². The summed E-state index contributed by atoms with van der Waals surface area (Å²) in [6.45, 7) is 0. The molecular weight excluding hydrogens is 312 g/mol. The molecule has 0 saturated carbocycles. The molecule has 0 atom stereocenters. The molecule has 2 aromatic rings. The highest BCUT2D eigenvalue weighted by Crippen LogP contribution is 2.28. The van der Waals surface area contributed by atoms with Gasteiger partial charge in [0.15, 0.2) is 5.69 Å². The molecule has 0 aliphatic heterocycles. The van der Waals surface area contributed by atoms with Crippen molar-refractivity contribution in [3.63, 3.8) is 0 Å². The van der Waals surface area contributed by atoms with Gasteiger partial charge in [-0.3, -0.25) is 4.79 Å². The van der Waals surface area contributed by atoms with Crippen molar-refractivity contribution < 1.29 is 19.4 Å². The maximum Gasteiger partial charge on any atom is 0.357 e. The van der Waals surface area contributed by atoms with E-state index >= 15 is 0 Å². The summed E-state index contributed by atoms with van der Waals surface area (Å²) in [6.07, 6.45) is 1.37. The Morgan fingerprint density at radius 3 is 2.58 bits per heavy atom. The van der Waals surface area contributed by atoms with Crippen molar-refractivity contribution >= 4 is 17.6 Å². The van der Waals surface area contributed by atoms with Crippen molar-refractivity contribution in [3.8, 4) is 17.5 Å². The number of carbonyl (C=O) groups excluding carboxylic acids is 2. The van der Waals surface area contributed by atoms with Crippen molar-refractivity contribution in [3.05, 3.63) is 41.2 Å². The van der Waals surface area contributed by atoms with E-state index in [-0.39, 0.29) is 28.3 Å². The molecule has 8 nitrogen and oxygen atoms in total. The fourth-order valence-corrected chi connectivity index (χ4v) is 2.20. The van der Waals surface area contributed by atoms with Gasteiger partial charge in [-0.05, 0) is 18.2 Å². The molecule has 124 valence electrons. The summed E-state index contributed by atoms with van der Waals surface area (Å²) in [5.74, 6) is -1.32. The minimum absolute atomic E-state index is 0.0158. The Balaban J connectivity index is 2.69. The van der Waals surface area contributed by atoms with Crippen LogP contribution in [0.4, 0.5) is 5.69 Å². The number of hydrogen-bond donors (Lipinski definition) is 2. The third-order valence-corrected chi connectivity index (χ3v) is 3.44. The first kappa shape index (κ1) is 16.9. The van der Waals surface area contributed by atoms with Crippen LogP contribution in [0.5, 0.6) is 5.75 Å². The molecule has 8 heteroatoms. The van der Waals surface area contributed by atoms with E-state index in [1.807, 2.05) is 6.07 Å². The number of anilines is 1. The van der Waals surface area contributed by atoms with Gasteiger partial charge in [0.2, 0.25) is 0 Å². The number of methoxy groups -OCH3 is 1. The van der Waals surface area contributed by atoms with Gasteiger partial charge in [-0.1, -0.05) is 0 Å². The van der Waals surface area contributed by atoms with E-state index in [0.717, 1.165) is 0 Å². The Hall–Kier alpha value is -3.47. The zero-order chi connectivity index (χ0) is 18.0. The molecule has 1 aromatic heterocycles. The summed E-state index contributed by atoms with van der Waals surface area (Å²) in [4.78, 5) is 25.4. The molecule has 0 spiro atoms. The van der Waals surface area contributed by atoms with Crippen LogP contribution in [-0.2, 0) is 4.74 Å². The Labute approximate surface area is 138 Å². The lowest BCUT2D eigenvalue weighted by atomic mass is 10.1. The highest BCUT2D eigenvalue weighted by Gasteiger charge is 2.23. The number of nitrogens with zero attached hydrogens (tertiary/aromatic N) is 3. The second kappa shape index (κ2) is 6.34. The van der Waals surface area contributed by atoms with E-state index in [1.165, 1.54) is 41.0 Å². The SMILES string of the molecule is COC(=O)c1c(N)c(C#N)cn1-c1ccc(O)c(C(=O)N(C)C)c1. The number of amides is 1. The van der Waals surface area contributed by atoms with Gasteiger partial charge in [0, 0.05) is 26.0 Å². The number of aromatic hydroxyl groups is 1. The summed E-state index contributed by atoms with van der Waals surface area (Å²) >= 11 is 0. The number of phenolic OH excluding ortho intramolecular Hbond substituents is 1. The van der Waals surface area contributed by atoms with E-state index in [1.54, 1.807) is 14.1 Å². The van der Waals surface area contributed by atoms with Gasteiger partial charge in [0.05, 0.1) is 23.9 Å². The highest BCUT2D eigenvalue weighted by atomic mass is 16.5. The molecule has 1 heterocycles. The van der Waals surface area contributed by atoms with Crippen LogP contribution in [-0.4, -0.2) is 47.7 Å². The van der Waals surface area contributed by atoms with Gasteiger partial charge >= 0.3 is 5.97 Å². The molecule has 0 fully saturated rings. The van der Waals surface area contributed by atoms with Gasteiger partial charge in [0.1, 0.15) is 11.8 Å². The van der Waals surface area contributed by atoms with Crippen LogP contribution in [0.3, 0.4) is 0 Å². The number of nitriles is 1. The minimum Gasteiger partial charge on any atom is -0.507 e. The van der Waals surface area contributed by atoms with Gasteiger partial charge < -0.3 is 25.0 Å². The van der Waals surface area contributed by atoms with Crippen LogP contribution in [0.15, 0.2) is 24.4 Å². The predicted molar refractivity (Wildman–Crippen MR) is 85.9 cm³/mol. The Kier molecular flexibility index (Phi) is 4.46. The average Bonchev–Trinajstić information content (AvgIpc) is 2.90. The Morgan fingerprint density at radius 1 is 1.38 bits per heavy atom. The molecule has 0 unspecified atom stereocenters. The van der Waals surface area contributed by atoms with Crippen molar-refractivity contribution in [2.24, 2.45) is 0 Å². The molecule has 0 aliphatic rings. The largest absolute Gasteiger partial charge is 0.507 e. The number of ether oxygens (including phenoxy) is 1. The quantitative estimate of drug-likeness (QED) is 0.814. The van der Waals surface area contributed by atoms with Gasteiger partial charge in [0.25, 0.3) is 5.91 Å². The molecule has 1 aromatic carbocycles. The molecular formula is C16H16N4O4. The van der Waals surface area contributed by atoms with Gasteiger partial charge in [-0.15, -0.1) is 0 Å². The van der Waals surface area contributed by atoms with Gasteiger partial charge in [-0.25, -0.2) is 4.79 Å². The standard InChI is InChI=1S/C16H16N4O4/c1-19(2)15(22)11-6-10(4-5-12(11)21)20-8-9(7-17)13(18)14(20)16(23)24-3/h4-6,8,21H,18H2,1-3H3. The number of benzene rings is 1. The third-order valence-electron chi connectivity index (χ3n) is 3.44. The number of esters is 1. The maximum atomic E-state index is 12.1. The minimum atomic E-state index is -0.720. The molecule has 24 heavy (non-hydrogen) atoms. The average molecular weight is 328 g/mol. The lowest BCUT2D eigenvalue weighted by Gasteiger charge is -2.14. The summed E-state index contributed by atoms with van der Waals surface area (Å²) in [5, 5.41) is 19.0. The molecule has 2 rings (SSSR count). The molecule has 0 radical (unpaired) electrons. The summed E-state index contributed by atoms with van der Waals surface area (Å²) < 4.78 is 6.06. The number of carbonyl (C=O) groups is 2. The molecule has 0 saturated heterocycles. The lowest BCUT2D eigenvalue weighted by molar-refractivity contribution is 0.0593. The van der Waals surface area contributed by atoms with Crippen LogP contribution < -0.4 is 5.73 Å². The second-order valence-corrected chi connectivity index (χ2v) is 5.18. The van der Waals surface area contributed by atoms with Crippen LogP contribution in [0.25, 0.3) is 5.69 Å². The lowest BCUT2D eigenvalue weighted by Crippen LogP contribution is -2.22. The van der Waals surface area contributed by atoms with Crippen molar-refractivity contribution in [1.82, 2.24) is 9.47 Å². The first-order valence-electron chi connectivity index (χ1n) is 6.86. The fraction of sp³-hybridized carbons (Fsp3) is 0.188. The second-order valence-electron chi connectivity index (χ2n) is 5.18. The summed E-state index contributed by atoms with van der Waals surface area (Å²) in [6, 6.07) is 6.12. The number of phenols is 1. The normalized spacial score (nSPS) is 10.1.